The molecule has 1 heterocycles. The molecule has 3 unspecified atom stereocenters. The predicted octanol–water partition coefficient (Wildman–Crippen LogP) is 7.34. The number of aryl methyl sites for hydroxylation is 2. The summed E-state index contributed by atoms with van der Waals surface area (Å²) in [6.45, 7) is 6.69. The van der Waals surface area contributed by atoms with E-state index >= 15 is 0 Å². The summed E-state index contributed by atoms with van der Waals surface area (Å²) in [7, 11) is 0. The van der Waals surface area contributed by atoms with E-state index in [0.717, 1.165) is 44.9 Å². The molecule has 0 bridgehead atoms. The highest BCUT2D eigenvalue weighted by Gasteiger charge is 2.28. The molecule has 3 atom stereocenters. The third kappa shape index (κ3) is 4.33. The van der Waals surface area contributed by atoms with Gasteiger partial charge in [-0.25, -0.2) is 0 Å². The largest absolute Gasteiger partial charge is 0.512 e. The van der Waals surface area contributed by atoms with Gasteiger partial charge in [0.25, 0.3) is 0 Å². The average molecular weight is 426 g/mol. The van der Waals surface area contributed by atoms with E-state index in [1.165, 1.54) is 44.7 Å². The number of benzene rings is 2. The van der Waals surface area contributed by atoms with Gasteiger partial charge >= 0.3 is 0 Å². The van der Waals surface area contributed by atoms with Gasteiger partial charge in [0, 0.05) is 23.7 Å². The van der Waals surface area contributed by atoms with Crippen LogP contribution in [-0.4, -0.2) is 11.3 Å². The maximum atomic E-state index is 10.5. The number of rotatable bonds is 5. The minimum absolute atomic E-state index is 0.289. The molecule has 0 radical (unpaired) electrons. The summed E-state index contributed by atoms with van der Waals surface area (Å²) in [5, 5.41) is 10.5. The van der Waals surface area contributed by atoms with Crippen LogP contribution in [0.2, 0.25) is 0 Å². The van der Waals surface area contributed by atoms with Gasteiger partial charge in [0.15, 0.2) is 0 Å². The summed E-state index contributed by atoms with van der Waals surface area (Å²) >= 11 is 0. The van der Waals surface area contributed by atoms with Gasteiger partial charge in [-0.15, -0.1) is 0 Å². The Morgan fingerprint density at radius 1 is 1.09 bits per heavy atom. The van der Waals surface area contributed by atoms with Gasteiger partial charge in [-0.2, -0.15) is 0 Å². The molecule has 166 valence electrons. The standard InChI is InChI=1S/C30H35NO/c1-19-7-14-29(31-18-19)28(27-6-4-5-20(2)21(27)3)16-22-8-9-25-17-26(13-12-24(25)15-22)30(32)23-10-11-23/h4-6,8-9,14-15,18-19,26,28,32H,7,10-13,16-17H2,1-3H3. The molecule has 5 rings (SSSR count). The molecule has 0 spiro atoms. The average Bonchev–Trinajstić information content (AvgIpc) is 3.65. The Morgan fingerprint density at radius 3 is 2.69 bits per heavy atom. The summed E-state index contributed by atoms with van der Waals surface area (Å²) in [6, 6.07) is 13.8. The molecule has 0 amide bonds. The van der Waals surface area contributed by atoms with Crippen molar-refractivity contribution in [2.45, 2.75) is 71.6 Å². The van der Waals surface area contributed by atoms with Crippen LogP contribution in [-0.2, 0) is 19.3 Å². The molecular weight excluding hydrogens is 390 g/mol. The summed E-state index contributed by atoms with van der Waals surface area (Å²) in [4.78, 5) is 4.90. The first kappa shape index (κ1) is 21.2. The zero-order valence-corrected chi connectivity index (χ0v) is 19.7. The Hall–Kier alpha value is -2.61. The van der Waals surface area contributed by atoms with Crippen molar-refractivity contribution in [3.8, 4) is 0 Å². The van der Waals surface area contributed by atoms with E-state index in [4.69, 9.17) is 4.99 Å². The number of aliphatic hydroxyl groups excluding tert-OH is 1. The van der Waals surface area contributed by atoms with Crippen LogP contribution < -0.4 is 0 Å². The molecule has 1 fully saturated rings. The van der Waals surface area contributed by atoms with E-state index in [1.54, 1.807) is 0 Å². The number of hydrogen-bond donors (Lipinski definition) is 1. The highest BCUT2D eigenvalue weighted by atomic mass is 16.3. The second-order valence-corrected chi connectivity index (χ2v) is 10.2. The fourth-order valence-corrected chi connectivity index (χ4v) is 5.40. The number of aliphatic imine (C=N–C) groups is 1. The number of hydrogen-bond acceptors (Lipinski definition) is 2. The lowest BCUT2D eigenvalue weighted by Gasteiger charge is -2.27. The Bertz CT molecular complexity index is 1110. The van der Waals surface area contributed by atoms with Crippen LogP contribution in [0.5, 0.6) is 0 Å². The van der Waals surface area contributed by atoms with E-state index in [1.807, 2.05) is 0 Å². The van der Waals surface area contributed by atoms with Gasteiger partial charge in [0.05, 0.1) is 5.76 Å². The molecule has 2 heteroatoms. The van der Waals surface area contributed by atoms with Crippen LogP contribution in [0.15, 0.2) is 64.5 Å². The second-order valence-electron chi connectivity index (χ2n) is 10.2. The summed E-state index contributed by atoms with van der Waals surface area (Å²) < 4.78 is 0. The van der Waals surface area contributed by atoms with Crippen LogP contribution >= 0.6 is 0 Å². The number of aliphatic hydroxyl groups is 1. The molecule has 2 aromatic rings. The smallest absolute Gasteiger partial charge is 0.0949 e. The van der Waals surface area contributed by atoms with Crippen molar-refractivity contribution in [1.29, 1.82) is 0 Å². The highest BCUT2D eigenvalue weighted by molar-refractivity contribution is 5.64. The molecule has 2 nitrogen and oxygen atoms in total. The molecule has 1 N–H and O–H groups in total. The first-order chi connectivity index (χ1) is 15.5. The molecular formula is C30H35NO. The lowest BCUT2D eigenvalue weighted by atomic mass is 9.80. The first-order valence-electron chi connectivity index (χ1n) is 12.3. The molecule has 2 aliphatic carbocycles. The van der Waals surface area contributed by atoms with E-state index < -0.39 is 0 Å². The van der Waals surface area contributed by atoms with Crippen LogP contribution in [0.1, 0.15) is 71.9 Å². The molecule has 2 aromatic carbocycles. The molecule has 1 aliphatic heterocycles. The number of allylic oxidation sites excluding steroid dienone is 4. The highest BCUT2D eigenvalue weighted by Crippen LogP contribution is 2.39. The van der Waals surface area contributed by atoms with Gasteiger partial charge in [-0.05, 0) is 104 Å². The van der Waals surface area contributed by atoms with Crippen molar-refractivity contribution in [2.75, 3.05) is 0 Å². The van der Waals surface area contributed by atoms with Gasteiger partial charge in [-0.3, -0.25) is 4.99 Å². The van der Waals surface area contributed by atoms with Gasteiger partial charge in [-0.1, -0.05) is 49.4 Å². The van der Waals surface area contributed by atoms with Crippen LogP contribution in [0.25, 0.3) is 0 Å². The van der Waals surface area contributed by atoms with E-state index in [2.05, 4.69) is 69.5 Å². The van der Waals surface area contributed by atoms with Gasteiger partial charge < -0.3 is 5.11 Å². The van der Waals surface area contributed by atoms with Crippen molar-refractivity contribution in [3.63, 3.8) is 0 Å². The third-order valence-electron chi connectivity index (χ3n) is 7.74. The van der Waals surface area contributed by atoms with E-state index in [-0.39, 0.29) is 5.92 Å². The fraction of sp³-hybridized carbons (Fsp3) is 0.433. The van der Waals surface area contributed by atoms with Crippen LogP contribution in [0, 0.1) is 25.7 Å². The SMILES string of the molecule is Cc1cccc(C(Cc2ccc3c(c2)CCC(C(O)=C2CC2)C3)C2=CCC(C)C=N2)c1C. The van der Waals surface area contributed by atoms with Crippen LogP contribution in [0.4, 0.5) is 0 Å². The third-order valence-corrected chi connectivity index (χ3v) is 7.74. The maximum absolute atomic E-state index is 10.5. The minimum atomic E-state index is 0.289. The lowest BCUT2D eigenvalue weighted by molar-refractivity contribution is 0.307. The van der Waals surface area contributed by atoms with Crippen molar-refractivity contribution >= 4 is 6.21 Å². The molecule has 0 saturated heterocycles. The predicted molar refractivity (Wildman–Crippen MR) is 134 cm³/mol. The Balaban J connectivity index is 1.42. The van der Waals surface area contributed by atoms with Crippen molar-refractivity contribution in [1.82, 2.24) is 0 Å². The number of nitrogens with zero attached hydrogens (tertiary/aromatic N) is 1. The monoisotopic (exact) mass is 425 g/mol. The lowest BCUT2D eigenvalue weighted by Crippen LogP contribution is -2.17. The molecule has 3 aliphatic rings. The fourth-order valence-electron chi connectivity index (χ4n) is 5.40. The van der Waals surface area contributed by atoms with E-state index in [9.17, 15) is 5.11 Å². The number of fused-ring (bicyclic) bond motifs is 1. The Kier molecular flexibility index (Phi) is 5.80. The van der Waals surface area contributed by atoms with Crippen LogP contribution in [0.3, 0.4) is 0 Å². The van der Waals surface area contributed by atoms with Crippen molar-refractivity contribution in [3.05, 3.63) is 92.9 Å². The molecule has 32 heavy (non-hydrogen) atoms. The molecule has 0 aromatic heterocycles. The summed E-state index contributed by atoms with van der Waals surface area (Å²) in [5.41, 5.74) is 10.9. The topological polar surface area (TPSA) is 32.6 Å². The first-order valence-corrected chi connectivity index (χ1v) is 12.3. The summed E-state index contributed by atoms with van der Waals surface area (Å²) in [5.74, 6) is 1.84. The summed E-state index contributed by atoms with van der Waals surface area (Å²) in [6.07, 6.45) is 11.9. The minimum Gasteiger partial charge on any atom is -0.512 e. The van der Waals surface area contributed by atoms with E-state index in [0.29, 0.717) is 17.6 Å². The Morgan fingerprint density at radius 2 is 1.94 bits per heavy atom. The Labute approximate surface area is 192 Å². The molecule has 1 saturated carbocycles. The zero-order chi connectivity index (χ0) is 22.2. The maximum Gasteiger partial charge on any atom is 0.0949 e. The second kappa shape index (κ2) is 8.73. The van der Waals surface area contributed by atoms with Crippen molar-refractivity contribution < 1.29 is 5.11 Å². The van der Waals surface area contributed by atoms with Crippen molar-refractivity contribution in [2.24, 2.45) is 16.8 Å². The van der Waals surface area contributed by atoms with Gasteiger partial charge in [0.2, 0.25) is 0 Å². The van der Waals surface area contributed by atoms with Gasteiger partial charge in [0.1, 0.15) is 0 Å². The quantitative estimate of drug-likeness (QED) is 0.500. The zero-order valence-electron chi connectivity index (χ0n) is 19.7. The normalized spacial score (nSPS) is 22.8.